The molecule has 0 rings (SSSR count). The van der Waals surface area contributed by atoms with Gasteiger partial charge in [0.15, 0.2) is 0 Å². The quantitative estimate of drug-likeness (QED) is 0.120. The minimum absolute atomic E-state index is 0.352. The fraction of sp³-hybridized carbons (Fsp3) is 1.00. The molecular weight excluding hydrogens is 3820 g/mol. The van der Waals surface area contributed by atoms with Gasteiger partial charge in [-0.3, -0.25) is 0 Å². The second-order valence-corrected chi connectivity index (χ2v) is 691. The van der Waals surface area contributed by atoms with Gasteiger partial charge in [-0.05, 0) is 0 Å². The maximum atomic E-state index is 3.29. The molecule has 30 heteroatoms. The normalized spacial score (nSPS) is 18.3. The van der Waals surface area contributed by atoms with Gasteiger partial charge in [0.1, 0.15) is 0 Å². The summed E-state index contributed by atoms with van der Waals surface area (Å²) in [5, 5.41) is 0. The molecule has 31 heavy (non-hydrogen) atoms. The van der Waals surface area contributed by atoms with Crippen LogP contribution in [0.2, 0.25) is 0 Å². The number of halogens is 30. The first-order valence-corrected chi connectivity index (χ1v) is 189. The summed E-state index contributed by atoms with van der Waals surface area (Å²) in [7, 11) is -6.32. The molecule has 0 aliphatic carbocycles. The van der Waals surface area contributed by atoms with E-state index in [0.29, 0.717) is 17.2 Å². The monoisotopic (exact) mass is 3820 g/mol. The van der Waals surface area contributed by atoms with Gasteiger partial charge in [-0.2, -0.15) is 0 Å². The standard InChI is InChI=1S/CH3I30/c1-17-19(4)21(6)23(8)25(10)27(12)29(14)31(16)30(15)28(13)26(11)24(9)22(7)20(5)18(2)3/h1H3/q-1. The van der Waals surface area contributed by atoms with Crippen molar-refractivity contribution < 1.29 is 17.2 Å². The third kappa shape index (κ3) is 22.4. The van der Waals surface area contributed by atoms with Crippen molar-refractivity contribution >= 4 is 390 Å². The van der Waals surface area contributed by atoms with Gasteiger partial charge in [0.25, 0.3) is 0 Å². The predicted octanol–water partition coefficient (Wildman–Crippen LogP) is 22.9. The van der Waals surface area contributed by atoms with Crippen molar-refractivity contribution in [2.24, 2.45) is 0 Å². The molecule has 0 aromatic heterocycles. The van der Waals surface area contributed by atoms with Crippen LogP contribution >= 0.6 is 390 Å². The molecule has 0 fully saturated rings. The summed E-state index contributed by atoms with van der Waals surface area (Å²) in [5.41, 5.74) is 0. The summed E-state index contributed by atoms with van der Waals surface area (Å²) in [6.07, 6.45) is 0. The van der Waals surface area contributed by atoms with Crippen molar-refractivity contribution in [3.8, 4) is 0 Å². The molecule has 0 aliphatic rings. The van der Waals surface area contributed by atoms with Crippen LogP contribution in [0.1, 0.15) is 0 Å². The Morgan fingerprint density at radius 2 is 0.516 bits per heavy atom. The first-order chi connectivity index (χ1) is 14.1. The van der Waals surface area contributed by atoms with Crippen molar-refractivity contribution in [3.63, 3.8) is 0 Å². The number of hydrogen-bond donors (Lipinski definition) is 0. The van der Waals surface area contributed by atoms with E-state index in [9.17, 15) is 0 Å². The molecule has 0 bridgehead atoms. The van der Waals surface area contributed by atoms with Crippen LogP contribution in [0.4, 0.5) is 0 Å². The molecule has 0 amide bonds. The molecule has 0 saturated heterocycles. The van der Waals surface area contributed by atoms with E-state index in [1.54, 1.807) is 0 Å². The summed E-state index contributed by atoms with van der Waals surface area (Å²) >= 11 is 48.4. The minimum atomic E-state index is -0.488. The first kappa shape index (κ1) is 52.9. The van der Waals surface area contributed by atoms with Gasteiger partial charge in [-0.15, -0.1) is 0 Å². The van der Waals surface area contributed by atoms with Gasteiger partial charge < -0.3 is 0 Å². The number of rotatable bonds is 14. The average molecular weight is 3820 g/mol. The molecule has 0 aromatic carbocycles. The summed E-state index contributed by atoms with van der Waals surface area (Å²) in [6.45, 7) is 0. The number of alkyl halides is 1. The van der Waals surface area contributed by atoms with Gasteiger partial charge in [0.2, 0.25) is 0 Å². The Balaban J connectivity index is 5.19. The van der Waals surface area contributed by atoms with Crippen LogP contribution in [-0.4, -0.2) is 4.93 Å². The van der Waals surface area contributed by atoms with Crippen molar-refractivity contribution in [3.05, 3.63) is 0 Å². The Hall–Kier alpha value is 21.9. The van der Waals surface area contributed by atoms with E-state index in [1.165, 1.54) is 0 Å². The van der Waals surface area contributed by atoms with Gasteiger partial charge in [-0.1, -0.05) is 0 Å². The Kier molecular flexibility index (Phi) is 54.5. The zero-order valence-corrected chi connectivity index (χ0v) is 77.1. The van der Waals surface area contributed by atoms with E-state index in [4.69, 9.17) is 0 Å². The first-order valence-electron chi connectivity index (χ1n) is 4.52. The molecule has 0 aromatic rings. The molecular formula is CH3I30-. The molecule has 0 aliphatic heterocycles. The van der Waals surface area contributed by atoms with E-state index >= 15 is 0 Å². The van der Waals surface area contributed by atoms with Crippen molar-refractivity contribution in [1.82, 2.24) is 0 Å². The Morgan fingerprint density at radius 3 is 0.710 bits per heavy atom. The summed E-state index contributed by atoms with van der Waals surface area (Å²) in [4.78, 5) is 2.64. The second kappa shape index (κ2) is 31.9. The molecule has 0 spiro atoms. The van der Waals surface area contributed by atoms with E-state index in [1.807, 2.05) is 0 Å². The summed E-state index contributed by atoms with van der Waals surface area (Å²) in [5.74, 6) is 0. The maximum absolute atomic E-state index is 3.29. The van der Waals surface area contributed by atoms with Crippen LogP contribution in [0.25, 0.3) is 0 Å². The molecule has 0 heterocycles. The number of hydrogen-bond acceptors (Lipinski definition) is 0. The van der Waals surface area contributed by atoms with E-state index in [0.717, 1.165) is 0 Å². The molecule has 0 atom stereocenters. The van der Waals surface area contributed by atoms with Gasteiger partial charge in [0, 0.05) is 0 Å². The van der Waals surface area contributed by atoms with Crippen LogP contribution < -0.4 is 17.2 Å². The molecule has 0 radical (unpaired) electrons. The van der Waals surface area contributed by atoms with Crippen LogP contribution in [0.15, 0.2) is 0 Å². The molecule has 218 valence electrons. The third-order valence-corrected chi connectivity index (χ3v) is 2180. The Labute approximate surface area is 388 Å². The van der Waals surface area contributed by atoms with Crippen molar-refractivity contribution in [2.45, 2.75) is 0 Å². The Morgan fingerprint density at radius 1 is 0.323 bits per heavy atom. The van der Waals surface area contributed by atoms with Crippen LogP contribution in [0.3, 0.4) is 0 Å². The van der Waals surface area contributed by atoms with E-state index in [2.05, 4.69) is 284 Å². The molecule has 0 N–H and O–H groups in total. The third-order valence-electron chi connectivity index (χ3n) is 1.17. The zero-order valence-electron chi connectivity index (χ0n) is 12.3. The van der Waals surface area contributed by atoms with Crippen LogP contribution in [-0.2, 0) is 0 Å². The SMILES string of the molecule is C[I-]I(I)I(I)I(I)I(I)I(I)I(I)I(I)I(I)I(I)I(I)I(I)I(I)I(I)I(I)I. The second-order valence-electron chi connectivity index (χ2n) is 2.41. The van der Waals surface area contributed by atoms with Crippen molar-refractivity contribution in [1.29, 1.82) is 0 Å². The molecule has 0 saturated carbocycles. The topological polar surface area (TPSA) is 0 Å². The fourth-order valence-electron chi connectivity index (χ4n) is 0.411. The summed E-state index contributed by atoms with van der Waals surface area (Å²) in [6, 6.07) is 0. The summed E-state index contributed by atoms with van der Waals surface area (Å²) < 4.78 is 0. The van der Waals surface area contributed by atoms with Crippen LogP contribution in [0.5, 0.6) is 0 Å². The van der Waals surface area contributed by atoms with Crippen molar-refractivity contribution in [2.75, 3.05) is 4.93 Å². The predicted molar refractivity (Wildman–Crippen MR) is 413 cm³/mol. The Bertz CT molecular complexity index is 471. The molecule has 0 unspecified atom stereocenters. The van der Waals surface area contributed by atoms with E-state index in [-0.39, 0.29) is 7.89 Å². The van der Waals surface area contributed by atoms with Gasteiger partial charge in [-0.25, -0.2) is 0 Å². The average Bonchev–Trinajstić information content (AvgIpc) is 2.76. The molecule has 0 nitrogen and oxygen atoms in total. The van der Waals surface area contributed by atoms with Gasteiger partial charge >= 0.3 is 412 Å². The fourth-order valence-corrected chi connectivity index (χ4v) is 5110. The van der Waals surface area contributed by atoms with E-state index < -0.39 is 103 Å². The van der Waals surface area contributed by atoms with Gasteiger partial charge in [0.05, 0.1) is 0 Å². The zero-order chi connectivity index (χ0) is 24.8. The van der Waals surface area contributed by atoms with Crippen LogP contribution in [0, 0.1) is 0 Å².